The summed E-state index contributed by atoms with van der Waals surface area (Å²) in [5.74, 6) is 1.55. The standard InChI is InChI=1S/C28H32/c1-16(2)20-9-11-22-26(13-20)24(18(5)6)15-27-21-10-8-19(7)12-25(21)23(17(3)4)14-28(22)27/h8-18H,1-7H3. The Morgan fingerprint density at radius 2 is 0.964 bits per heavy atom. The minimum Gasteiger partial charge on any atom is -0.0587 e. The highest BCUT2D eigenvalue weighted by Gasteiger charge is 2.16. The lowest BCUT2D eigenvalue weighted by Crippen LogP contribution is -1.97. The number of fused-ring (bicyclic) bond motifs is 5. The van der Waals surface area contributed by atoms with Gasteiger partial charge in [0.1, 0.15) is 0 Å². The molecule has 0 fully saturated rings. The van der Waals surface area contributed by atoms with Crippen LogP contribution >= 0.6 is 0 Å². The zero-order chi connectivity index (χ0) is 20.2. The molecule has 0 radical (unpaired) electrons. The molecule has 0 amide bonds. The minimum absolute atomic E-state index is 0.500. The summed E-state index contributed by atoms with van der Waals surface area (Å²) in [5.41, 5.74) is 5.68. The van der Waals surface area contributed by atoms with Crippen molar-refractivity contribution in [2.45, 2.75) is 66.2 Å². The zero-order valence-corrected chi connectivity index (χ0v) is 18.4. The van der Waals surface area contributed by atoms with Crippen molar-refractivity contribution in [1.29, 1.82) is 0 Å². The SMILES string of the molecule is Cc1ccc2c(c1)c(C(C)C)cc1c3ccc(C(C)C)cc3c(C(C)C)cc21. The van der Waals surface area contributed by atoms with E-state index in [0.29, 0.717) is 17.8 Å². The van der Waals surface area contributed by atoms with Crippen molar-refractivity contribution in [1.82, 2.24) is 0 Å². The lowest BCUT2D eigenvalue weighted by Gasteiger charge is -2.19. The molecule has 0 spiro atoms. The van der Waals surface area contributed by atoms with Crippen molar-refractivity contribution in [2.24, 2.45) is 0 Å². The van der Waals surface area contributed by atoms with Crippen LogP contribution in [0.2, 0.25) is 0 Å². The van der Waals surface area contributed by atoms with Gasteiger partial charge in [-0.05, 0) is 85.8 Å². The molecule has 0 aliphatic carbocycles. The van der Waals surface area contributed by atoms with Gasteiger partial charge in [0.2, 0.25) is 0 Å². The molecular weight excluding hydrogens is 336 g/mol. The molecule has 0 bridgehead atoms. The maximum absolute atomic E-state index is 2.47. The Morgan fingerprint density at radius 1 is 0.464 bits per heavy atom. The van der Waals surface area contributed by atoms with Crippen LogP contribution in [0.4, 0.5) is 0 Å². The maximum atomic E-state index is 2.47. The van der Waals surface area contributed by atoms with E-state index in [0.717, 1.165) is 0 Å². The van der Waals surface area contributed by atoms with E-state index in [1.807, 2.05) is 0 Å². The van der Waals surface area contributed by atoms with Crippen molar-refractivity contribution < 1.29 is 0 Å². The number of benzene rings is 4. The second-order valence-corrected chi connectivity index (χ2v) is 9.34. The van der Waals surface area contributed by atoms with Crippen LogP contribution in [0.5, 0.6) is 0 Å². The Kier molecular flexibility index (Phi) is 4.70. The van der Waals surface area contributed by atoms with E-state index in [1.165, 1.54) is 54.6 Å². The van der Waals surface area contributed by atoms with Gasteiger partial charge in [0, 0.05) is 0 Å². The molecule has 144 valence electrons. The van der Waals surface area contributed by atoms with Crippen LogP contribution in [-0.4, -0.2) is 0 Å². The van der Waals surface area contributed by atoms with Crippen LogP contribution in [0.15, 0.2) is 48.5 Å². The molecule has 0 unspecified atom stereocenters. The van der Waals surface area contributed by atoms with Crippen LogP contribution in [-0.2, 0) is 0 Å². The number of aryl methyl sites for hydroxylation is 1. The fourth-order valence-corrected chi connectivity index (χ4v) is 4.55. The van der Waals surface area contributed by atoms with Crippen LogP contribution in [0.1, 0.15) is 81.5 Å². The molecule has 0 saturated heterocycles. The first-order valence-electron chi connectivity index (χ1n) is 10.7. The fraction of sp³-hybridized carbons (Fsp3) is 0.357. The molecule has 0 aromatic heterocycles. The molecule has 28 heavy (non-hydrogen) atoms. The minimum atomic E-state index is 0.500. The first-order valence-corrected chi connectivity index (χ1v) is 10.7. The lowest BCUT2D eigenvalue weighted by atomic mass is 9.85. The number of hydrogen-bond donors (Lipinski definition) is 0. The number of hydrogen-bond acceptors (Lipinski definition) is 0. The van der Waals surface area contributed by atoms with Gasteiger partial charge in [-0.2, -0.15) is 0 Å². The first-order chi connectivity index (χ1) is 13.3. The molecule has 0 atom stereocenters. The van der Waals surface area contributed by atoms with Crippen molar-refractivity contribution in [3.05, 3.63) is 70.8 Å². The Balaban J connectivity index is 2.24. The van der Waals surface area contributed by atoms with Crippen LogP contribution in [0.25, 0.3) is 32.3 Å². The van der Waals surface area contributed by atoms with Crippen molar-refractivity contribution in [2.75, 3.05) is 0 Å². The molecule has 0 saturated carbocycles. The van der Waals surface area contributed by atoms with Gasteiger partial charge in [-0.25, -0.2) is 0 Å². The summed E-state index contributed by atoms with van der Waals surface area (Å²) >= 11 is 0. The highest BCUT2D eigenvalue weighted by atomic mass is 14.2. The summed E-state index contributed by atoms with van der Waals surface area (Å²) in [7, 11) is 0. The molecular formula is C28H32. The summed E-state index contributed by atoms with van der Waals surface area (Å²) in [6.45, 7) is 16.0. The van der Waals surface area contributed by atoms with E-state index in [-0.39, 0.29) is 0 Å². The summed E-state index contributed by atoms with van der Waals surface area (Å²) < 4.78 is 0. The van der Waals surface area contributed by atoms with Gasteiger partial charge in [0.15, 0.2) is 0 Å². The summed E-state index contributed by atoms with van der Waals surface area (Å²) in [6, 6.07) is 19.0. The molecule has 0 heterocycles. The van der Waals surface area contributed by atoms with E-state index in [9.17, 15) is 0 Å². The predicted octanol–water partition coefficient (Wildman–Crippen LogP) is 8.82. The number of rotatable bonds is 3. The lowest BCUT2D eigenvalue weighted by molar-refractivity contribution is 0.863. The molecule has 4 rings (SSSR count). The zero-order valence-electron chi connectivity index (χ0n) is 18.4. The highest BCUT2D eigenvalue weighted by molar-refractivity contribution is 6.19. The van der Waals surface area contributed by atoms with E-state index in [2.05, 4.69) is 97.0 Å². The molecule has 0 nitrogen and oxygen atoms in total. The van der Waals surface area contributed by atoms with Crippen LogP contribution in [0, 0.1) is 6.92 Å². The fourth-order valence-electron chi connectivity index (χ4n) is 4.55. The molecule has 0 N–H and O–H groups in total. The van der Waals surface area contributed by atoms with Crippen LogP contribution in [0.3, 0.4) is 0 Å². The molecule has 4 aromatic rings. The quantitative estimate of drug-likeness (QED) is 0.317. The molecule has 4 aromatic carbocycles. The third-order valence-corrected chi connectivity index (χ3v) is 6.22. The molecule has 0 aliphatic rings. The van der Waals surface area contributed by atoms with Gasteiger partial charge in [0.05, 0.1) is 0 Å². The van der Waals surface area contributed by atoms with E-state index >= 15 is 0 Å². The van der Waals surface area contributed by atoms with Crippen LogP contribution < -0.4 is 0 Å². The second kappa shape index (κ2) is 6.92. The topological polar surface area (TPSA) is 0 Å². The van der Waals surface area contributed by atoms with Gasteiger partial charge in [-0.1, -0.05) is 83.5 Å². The van der Waals surface area contributed by atoms with E-state index in [1.54, 1.807) is 0 Å². The predicted molar refractivity (Wildman–Crippen MR) is 126 cm³/mol. The summed E-state index contributed by atoms with van der Waals surface area (Å²) in [6.07, 6.45) is 0. The smallest absolute Gasteiger partial charge is 0.00959 e. The second-order valence-electron chi connectivity index (χ2n) is 9.34. The van der Waals surface area contributed by atoms with Gasteiger partial charge in [0.25, 0.3) is 0 Å². The van der Waals surface area contributed by atoms with E-state index in [4.69, 9.17) is 0 Å². The Hall–Kier alpha value is -2.34. The Bertz CT molecular complexity index is 1190. The first kappa shape index (κ1) is 19.0. The maximum Gasteiger partial charge on any atom is -0.00959 e. The summed E-state index contributed by atoms with van der Waals surface area (Å²) in [5, 5.41) is 8.42. The van der Waals surface area contributed by atoms with Crippen molar-refractivity contribution >= 4 is 32.3 Å². The van der Waals surface area contributed by atoms with Crippen molar-refractivity contribution in [3.63, 3.8) is 0 Å². The third kappa shape index (κ3) is 3.00. The normalized spacial score (nSPS) is 12.4. The Morgan fingerprint density at radius 3 is 1.46 bits per heavy atom. The van der Waals surface area contributed by atoms with Gasteiger partial charge in [-0.15, -0.1) is 0 Å². The Labute approximate surface area is 169 Å². The van der Waals surface area contributed by atoms with Gasteiger partial charge in [-0.3, -0.25) is 0 Å². The van der Waals surface area contributed by atoms with Crippen molar-refractivity contribution in [3.8, 4) is 0 Å². The van der Waals surface area contributed by atoms with E-state index < -0.39 is 0 Å². The van der Waals surface area contributed by atoms with Gasteiger partial charge >= 0.3 is 0 Å². The highest BCUT2D eigenvalue weighted by Crippen LogP contribution is 2.40. The monoisotopic (exact) mass is 368 g/mol. The van der Waals surface area contributed by atoms with Gasteiger partial charge < -0.3 is 0 Å². The average molecular weight is 369 g/mol. The average Bonchev–Trinajstić information content (AvgIpc) is 2.65. The largest absolute Gasteiger partial charge is 0.0587 e. The third-order valence-electron chi connectivity index (χ3n) is 6.22. The summed E-state index contributed by atoms with van der Waals surface area (Å²) in [4.78, 5) is 0. The molecule has 0 heteroatoms. The molecule has 0 aliphatic heterocycles.